The van der Waals surface area contributed by atoms with Crippen LogP contribution in [-0.2, 0) is 9.59 Å². The minimum Gasteiger partial charge on any atom is -0.356 e. The third-order valence-corrected chi connectivity index (χ3v) is 5.16. The fourth-order valence-electron chi connectivity index (χ4n) is 3.26. The Morgan fingerprint density at radius 2 is 1.59 bits per heavy atom. The molecule has 27 heavy (non-hydrogen) atoms. The number of nitrogens with one attached hydrogen (secondary N) is 2. The van der Waals surface area contributed by atoms with Crippen LogP contribution >= 0.6 is 0 Å². The summed E-state index contributed by atoms with van der Waals surface area (Å²) in [4.78, 5) is 49.2. The molecule has 144 valence electrons. The van der Waals surface area contributed by atoms with E-state index in [0.717, 1.165) is 11.4 Å². The first-order valence-electron chi connectivity index (χ1n) is 9.55. The lowest BCUT2D eigenvalue weighted by atomic mass is 9.85. The van der Waals surface area contributed by atoms with Crippen molar-refractivity contribution in [3.8, 4) is 0 Å². The maximum absolute atomic E-state index is 12.2. The van der Waals surface area contributed by atoms with Crippen LogP contribution in [0.15, 0.2) is 24.3 Å². The molecular weight excluding hydrogens is 346 g/mol. The average Bonchev–Trinajstić information content (AvgIpc) is 2.87. The van der Waals surface area contributed by atoms with Gasteiger partial charge in [0.15, 0.2) is 0 Å². The molecule has 7 heteroatoms. The molecule has 1 aromatic rings. The number of hydrogen-bond donors (Lipinski definition) is 2. The molecule has 0 atom stereocenters. The molecule has 1 aliphatic heterocycles. The minimum absolute atomic E-state index is 0.0159. The fraction of sp³-hybridized carbons (Fsp3) is 0.500. The zero-order chi connectivity index (χ0) is 19.2. The van der Waals surface area contributed by atoms with Gasteiger partial charge in [-0.3, -0.25) is 24.1 Å². The second kappa shape index (κ2) is 8.79. The molecule has 1 saturated carbocycles. The van der Waals surface area contributed by atoms with Crippen LogP contribution in [0.2, 0.25) is 0 Å². The van der Waals surface area contributed by atoms with Crippen LogP contribution in [0.4, 0.5) is 0 Å². The highest BCUT2D eigenvalue weighted by Crippen LogP contribution is 2.25. The zero-order valence-electron chi connectivity index (χ0n) is 15.3. The fourth-order valence-corrected chi connectivity index (χ4v) is 3.26. The Balaban J connectivity index is 1.30. The summed E-state index contributed by atoms with van der Waals surface area (Å²) in [6.45, 7) is 1.21. The molecular formula is C20H25N3O4. The summed E-state index contributed by atoms with van der Waals surface area (Å²) < 4.78 is 0. The van der Waals surface area contributed by atoms with Crippen molar-refractivity contribution in [1.82, 2.24) is 15.5 Å². The van der Waals surface area contributed by atoms with Crippen LogP contribution in [-0.4, -0.2) is 48.2 Å². The van der Waals surface area contributed by atoms with Gasteiger partial charge in [0.05, 0.1) is 11.1 Å². The number of fused-ring (bicyclic) bond motifs is 1. The van der Waals surface area contributed by atoms with Gasteiger partial charge >= 0.3 is 0 Å². The normalized spacial score (nSPS) is 16.1. The number of carbonyl (C=O) groups excluding carboxylic acids is 4. The molecule has 1 fully saturated rings. The van der Waals surface area contributed by atoms with Gasteiger partial charge in [-0.05, 0) is 37.3 Å². The van der Waals surface area contributed by atoms with Crippen molar-refractivity contribution in [3.05, 3.63) is 35.4 Å². The maximum Gasteiger partial charge on any atom is 0.261 e. The first-order valence-corrected chi connectivity index (χ1v) is 9.55. The van der Waals surface area contributed by atoms with Gasteiger partial charge in [-0.2, -0.15) is 0 Å². The van der Waals surface area contributed by atoms with E-state index in [0.29, 0.717) is 36.4 Å². The van der Waals surface area contributed by atoms with E-state index >= 15 is 0 Å². The molecule has 1 aromatic carbocycles. The molecule has 0 aromatic heterocycles. The predicted molar refractivity (Wildman–Crippen MR) is 99.0 cm³/mol. The average molecular weight is 371 g/mol. The lowest BCUT2D eigenvalue weighted by Crippen LogP contribution is -2.35. The lowest BCUT2D eigenvalue weighted by Gasteiger charge is -2.25. The molecule has 1 heterocycles. The highest BCUT2D eigenvalue weighted by molar-refractivity contribution is 6.21. The molecule has 1 aliphatic carbocycles. The maximum atomic E-state index is 12.2. The largest absolute Gasteiger partial charge is 0.356 e. The van der Waals surface area contributed by atoms with Crippen molar-refractivity contribution in [3.63, 3.8) is 0 Å². The second-order valence-electron chi connectivity index (χ2n) is 7.11. The first kappa shape index (κ1) is 19.1. The smallest absolute Gasteiger partial charge is 0.261 e. The van der Waals surface area contributed by atoms with E-state index in [1.54, 1.807) is 24.3 Å². The van der Waals surface area contributed by atoms with E-state index in [9.17, 15) is 19.2 Å². The standard InChI is InChI=1S/C20H25N3O4/c24-17(22-13-14-5-3-6-14)9-4-11-21-18(25)10-12-23-19(26)15-7-1-2-8-16(15)20(23)27/h1-2,7-8,14H,3-6,9-13H2,(H,21,25)(H,22,24). The van der Waals surface area contributed by atoms with Crippen molar-refractivity contribution in [2.45, 2.75) is 38.5 Å². The van der Waals surface area contributed by atoms with Crippen molar-refractivity contribution in [1.29, 1.82) is 0 Å². The highest BCUT2D eigenvalue weighted by Gasteiger charge is 2.34. The first-order chi connectivity index (χ1) is 13.1. The molecule has 2 N–H and O–H groups in total. The van der Waals surface area contributed by atoms with Gasteiger partial charge in [-0.25, -0.2) is 0 Å². The van der Waals surface area contributed by atoms with Gasteiger partial charge in [-0.1, -0.05) is 18.6 Å². The number of rotatable bonds is 9. The number of hydrogen-bond acceptors (Lipinski definition) is 4. The van der Waals surface area contributed by atoms with E-state index in [4.69, 9.17) is 0 Å². The monoisotopic (exact) mass is 371 g/mol. The van der Waals surface area contributed by atoms with Gasteiger partial charge in [0, 0.05) is 32.5 Å². The molecule has 0 unspecified atom stereocenters. The van der Waals surface area contributed by atoms with Gasteiger partial charge in [0.2, 0.25) is 11.8 Å². The quantitative estimate of drug-likeness (QED) is 0.508. The Morgan fingerprint density at radius 1 is 0.963 bits per heavy atom. The van der Waals surface area contributed by atoms with E-state index in [-0.39, 0.29) is 36.6 Å². The number of nitrogens with zero attached hydrogens (tertiary/aromatic N) is 1. The zero-order valence-corrected chi connectivity index (χ0v) is 15.3. The predicted octanol–water partition coefficient (Wildman–Crippen LogP) is 1.49. The second-order valence-corrected chi connectivity index (χ2v) is 7.11. The van der Waals surface area contributed by atoms with Crippen LogP contribution in [0.25, 0.3) is 0 Å². The van der Waals surface area contributed by atoms with E-state index < -0.39 is 0 Å². The minimum atomic E-state index is -0.355. The molecule has 4 amide bonds. The van der Waals surface area contributed by atoms with Crippen LogP contribution in [0, 0.1) is 5.92 Å². The van der Waals surface area contributed by atoms with Crippen LogP contribution in [0.3, 0.4) is 0 Å². The molecule has 2 aliphatic rings. The summed E-state index contributed by atoms with van der Waals surface area (Å²) in [7, 11) is 0. The van der Waals surface area contributed by atoms with Crippen LogP contribution in [0.1, 0.15) is 59.2 Å². The Labute approximate surface area is 158 Å². The Bertz CT molecular complexity index is 707. The van der Waals surface area contributed by atoms with Gasteiger partial charge in [-0.15, -0.1) is 0 Å². The van der Waals surface area contributed by atoms with Crippen molar-refractivity contribution in [2.24, 2.45) is 5.92 Å². The Kier molecular flexibility index (Phi) is 6.21. The van der Waals surface area contributed by atoms with Gasteiger partial charge in [0.25, 0.3) is 11.8 Å². The number of benzene rings is 1. The van der Waals surface area contributed by atoms with E-state index in [1.165, 1.54) is 19.3 Å². The Hall–Kier alpha value is -2.70. The Morgan fingerprint density at radius 3 is 2.19 bits per heavy atom. The third-order valence-electron chi connectivity index (χ3n) is 5.16. The number of amides is 4. The van der Waals surface area contributed by atoms with Gasteiger partial charge in [0.1, 0.15) is 0 Å². The lowest BCUT2D eigenvalue weighted by molar-refractivity contribution is -0.123. The summed E-state index contributed by atoms with van der Waals surface area (Å²) in [5.41, 5.74) is 0.770. The van der Waals surface area contributed by atoms with Crippen molar-refractivity contribution >= 4 is 23.6 Å². The summed E-state index contributed by atoms with van der Waals surface area (Å²) in [5.74, 6) is -0.294. The molecule has 0 spiro atoms. The summed E-state index contributed by atoms with van der Waals surface area (Å²) in [6, 6.07) is 6.66. The summed E-state index contributed by atoms with van der Waals surface area (Å²) in [5, 5.41) is 5.65. The number of carbonyl (C=O) groups is 4. The topological polar surface area (TPSA) is 95.6 Å². The summed E-state index contributed by atoms with van der Waals surface area (Å²) in [6.07, 6.45) is 4.65. The van der Waals surface area contributed by atoms with Gasteiger partial charge < -0.3 is 10.6 Å². The SMILES string of the molecule is O=C(CCN1C(=O)c2ccccc2C1=O)NCCCC(=O)NCC1CCC1. The van der Waals surface area contributed by atoms with E-state index in [1.807, 2.05) is 0 Å². The summed E-state index contributed by atoms with van der Waals surface area (Å²) >= 11 is 0. The molecule has 3 rings (SSSR count). The highest BCUT2D eigenvalue weighted by atomic mass is 16.2. The van der Waals surface area contributed by atoms with E-state index in [2.05, 4.69) is 10.6 Å². The van der Waals surface area contributed by atoms with Crippen LogP contribution in [0.5, 0.6) is 0 Å². The van der Waals surface area contributed by atoms with Crippen molar-refractivity contribution < 1.29 is 19.2 Å². The third kappa shape index (κ3) is 4.72. The molecule has 0 saturated heterocycles. The number of imide groups is 1. The van der Waals surface area contributed by atoms with Crippen LogP contribution < -0.4 is 10.6 Å². The van der Waals surface area contributed by atoms with Crippen molar-refractivity contribution in [2.75, 3.05) is 19.6 Å². The molecule has 0 radical (unpaired) electrons. The molecule has 7 nitrogen and oxygen atoms in total. The molecule has 0 bridgehead atoms.